The minimum Gasteiger partial charge on any atom is -0.388 e. The molecule has 0 saturated carbocycles. The molecule has 0 bridgehead atoms. The first-order valence-electron chi connectivity index (χ1n) is 3.94. The van der Waals surface area contributed by atoms with Crippen LogP contribution in [0.15, 0.2) is 0 Å². The van der Waals surface area contributed by atoms with Gasteiger partial charge < -0.3 is 9.84 Å². The summed E-state index contributed by atoms with van der Waals surface area (Å²) in [7, 11) is 0. The van der Waals surface area contributed by atoms with Crippen LogP contribution in [0.3, 0.4) is 0 Å². The molecule has 0 amide bonds. The van der Waals surface area contributed by atoms with Gasteiger partial charge in [0, 0.05) is 0 Å². The Bertz CT molecular complexity index is 110. The molecule has 10 heavy (non-hydrogen) atoms. The molecule has 0 aromatic rings. The van der Waals surface area contributed by atoms with Crippen LogP contribution in [0.25, 0.3) is 0 Å². The Morgan fingerprint density at radius 2 is 2.30 bits per heavy atom. The molecule has 2 heteroatoms. The van der Waals surface area contributed by atoms with E-state index in [0.29, 0.717) is 12.7 Å². The van der Waals surface area contributed by atoms with E-state index in [2.05, 4.69) is 6.92 Å². The summed E-state index contributed by atoms with van der Waals surface area (Å²) in [5, 5.41) is 9.55. The van der Waals surface area contributed by atoms with Gasteiger partial charge in [0.25, 0.3) is 0 Å². The minimum atomic E-state index is -0.579. The summed E-state index contributed by atoms with van der Waals surface area (Å²) < 4.78 is 5.37. The number of hydrogen-bond acceptors (Lipinski definition) is 2. The molecule has 0 spiro atoms. The highest BCUT2D eigenvalue weighted by atomic mass is 16.5. The molecule has 2 nitrogen and oxygen atoms in total. The fraction of sp³-hybridized carbons (Fsp3) is 1.00. The van der Waals surface area contributed by atoms with Crippen LogP contribution in [0, 0.1) is 0 Å². The molecule has 2 atom stereocenters. The molecule has 60 valence electrons. The summed E-state index contributed by atoms with van der Waals surface area (Å²) in [6.07, 6.45) is 3.36. The van der Waals surface area contributed by atoms with E-state index in [1.54, 1.807) is 0 Å². The summed E-state index contributed by atoms with van der Waals surface area (Å²) in [5.74, 6) is 0. The Labute approximate surface area is 62.2 Å². The zero-order chi connectivity index (χ0) is 7.61. The minimum absolute atomic E-state index is 0.328. The molecule has 1 saturated heterocycles. The van der Waals surface area contributed by atoms with Crippen LogP contribution in [-0.2, 0) is 4.74 Å². The monoisotopic (exact) mass is 144 g/mol. The molecule has 0 aromatic heterocycles. The molecule has 1 fully saturated rings. The van der Waals surface area contributed by atoms with Crippen LogP contribution in [0.5, 0.6) is 0 Å². The van der Waals surface area contributed by atoms with Crippen molar-refractivity contribution in [3.8, 4) is 0 Å². The topological polar surface area (TPSA) is 29.5 Å². The van der Waals surface area contributed by atoms with E-state index < -0.39 is 5.60 Å². The van der Waals surface area contributed by atoms with Gasteiger partial charge >= 0.3 is 0 Å². The van der Waals surface area contributed by atoms with Gasteiger partial charge in [-0.1, -0.05) is 0 Å². The average Bonchev–Trinajstić information content (AvgIpc) is 1.94. The average molecular weight is 144 g/mol. The van der Waals surface area contributed by atoms with Crippen molar-refractivity contribution in [2.45, 2.75) is 44.8 Å². The van der Waals surface area contributed by atoms with Crippen molar-refractivity contribution >= 4 is 0 Å². The van der Waals surface area contributed by atoms with Gasteiger partial charge in [-0.3, -0.25) is 0 Å². The number of hydrogen-bond donors (Lipinski definition) is 1. The van der Waals surface area contributed by atoms with Crippen LogP contribution in [0.1, 0.15) is 33.1 Å². The molecule has 1 heterocycles. The smallest absolute Gasteiger partial charge is 0.0852 e. The maximum Gasteiger partial charge on any atom is 0.0852 e. The Morgan fingerprint density at radius 3 is 3.00 bits per heavy atom. The van der Waals surface area contributed by atoms with Crippen molar-refractivity contribution in [2.75, 3.05) is 6.61 Å². The number of rotatable bonds is 0. The molecule has 0 aromatic carbocycles. The van der Waals surface area contributed by atoms with E-state index >= 15 is 0 Å². The lowest BCUT2D eigenvalue weighted by Gasteiger charge is -2.19. The summed E-state index contributed by atoms with van der Waals surface area (Å²) in [5.41, 5.74) is -0.579. The van der Waals surface area contributed by atoms with E-state index in [-0.39, 0.29) is 0 Å². The first-order chi connectivity index (χ1) is 4.60. The van der Waals surface area contributed by atoms with E-state index in [0.717, 1.165) is 19.3 Å². The highest BCUT2D eigenvalue weighted by Crippen LogP contribution is 2.20. The maximum absolute atomic E-state index is 9.55. The predicted octanol–water partition coefficient (Wildman–Crippen LogP) is 1.33. The summed E-state index contributed by atoms with van der Waals surface area (Å²) >= 11 is 0. The molecule has 1 aliphatic rings. The van der Waals surface area contributed by atoms with E-state index in [4.69, 9.17) is 4.74 Å². The van der Waals surface area contributed by atoms with Gasteiger partial charge in [-0.25, -0.2) is 0 Å². The third kappa shape index (κ3) is 2.27. The predicted molar refractivity (Wildman–Crippen MR) is 39.9 cm³/mol. The van der Waals surface area contributed by atoms with Crippen LogP contribution in [0.4, 0.5) is 0 Å². The largest absolute Gasteiger partial charge is 0.388 e. The van der Waals surface area contributed by atoms with Crippen LogP contribution < -0.4 is 0 Å². The van der Waals surface area contributed by atoms with Crippen molar-refractivity contribution in [1.29, 1.82) is 0 Å². The standard InChI is InChI=1S/C8H16O2/c1-7-4-3-5-8(2,9)6-10-7/h7,9H,3-6H2,1-2H3/t7-,8-/m1/s1. The molecule has 1 N–H and O–H groups in total. The van der Waals surface area contributed by atoms with Gasteiger partial charge in [-0.05, 0) is 33.1 Å². The molecule has 0 unspecified atom stereocenters. The lowest BCUT2D eigenvalue weighted by Crippen LogP contribution is -2.29. The quantitative estimate of drug-likeness (QED) is 0.555. The van der Waals surface area contributed by atoms with Crippen molar-refractivity contribution in [1.82, 2.24) is 0 Å². The fourth-order valence-corrected chi connectivity index (χ4v) is 1.25. The Kier molecular flexibility index (Phi) is 2.32. The lowest BCUT2D eigenvalue weighted by atomic mass is 10.0. The van der Waals surface area contributed by atoms with Crippen molar-refractivity contribution in [3.63, 3.8) is 0 Å². The van der Waals surface area contributed by atoms with Crippen molar-refractivity contribution in [3.05, 3.63) is 0 Å². The normalized spacial score (nSPS) is 42.9. The Morgan fingerprint density at radius 1 is 1.60 bits per heavy atom. The molecular formula is C8H16O2. The lowest BCUT2D eigenvalue weighted by molar-refractivity contribution is -0.0443. The second-order valence-corrected chi connectivity index (χ2v) is 3.51. The molecule has 1 rings (SSSR count). The van der Waals surface area contributed by atoms with Crippen molar-refractivity contribution in [2.24, 2.45) is 0 Å². The van der Waals surface area contributed by atoms with Gasteiger partial charge in [0.05, 0.1) is 18.3 Å². The zero-order valence-electron chi connectivity index (χ0n) is 6.76. The van der Waals surface area contributed by atoms with Crippen molar-refractivity contribution < 1.29 is 9.84 Å². The SMILES string of the molecule is C[C@@H]1CCC[C@@](C)(O)CO1. The number of aliphatic hydroxyl groups is 1. The highest BCUT2D eigenvalue weighted by Gasteiger charge is 2.24. The molecule has 0 radical (unpaired) electrons. The third-order valence-corrected chi connectivity index (χ3v) is 2.00. The van der Waals surface area contributed by atoms with Gasteiger partial charge in [0.2, 0.25) is 0 Å². The number of ether oxygens (including phenoxy) is 1. The molecular weight excluding hydrogens is 128 g/mol. The second kappa shape index (κ2) is 2.89. The zero-order valence-corrected chi connectivity index (χ0v) is 6.76. The first-order valence-corrected chi connectivity index (χ1v) is 3.94. The Hall–Kier alpha value is -0.0800. The van der Waals surface area contributed by atoms with Gasteiger partial charge in [0.1, 0.15) is 0 Å². The van der Waals surface area contributed by atoms with Crippen LogP contribution in [0.2, 0.25) is 0 Å². The Balaban J connectivity index is 2.41. The third-order valence-electron chi connectivity index (χ3n) is 2.00. The van der Waals surface area contributed by atoms with Gasteiger partial charge in [0.15, 0.2) is 0 Å². The van der Waals surface area contributed by atoms with E-state index in [1.807, 2.05) is 6.92 Å². The maximum atomic E-state index is 9.55. The summed E-state index contributed by atoms with van der Waals surface area (Å²) in [4.78, 5) is 0. The summed E-state index contributed by atoms with van der Waals surface area (Å²) in [6, 6.07) is 0. The van der Waals surface area contributed by atoms with Gasteiger partial charge in [-0.2, -0.15) is 0 Å². The molecule has 0 aliphatic carbocycles. The fourth-order valence-electron chi connectivity index (χ4n) is 1.25. The van der Waals surface area contributed by atoms with Crippen LogP contribution in [-0.4, -0.2) is 23.4 Å². The second-order valence-electron chi connectivity index (χ2n) is 3.51. The van der Waals surface area contributed by atoms with E-state index in [9.17, 15) is 5.11 Å². The van der Waals surface area contributed by atoms with Gasteiger partial charge in [-0.15, -0.1) is 0 Å². The first kappa shape index (κ1) is 8.02. The van der Waals surface area contributed by atoms with Crippen LogP contribution >= 0.6 is 0 Å². The molecule has 1 aliphatic heterocycles. The highest BCUT2D eigenvalue weighted by molar-refractivity contribution is 4.75. The summed E-state index contributed by atoms with van der Waals surface area (Å²) in [6.45, 7) is 4.39. The van der Waals surface area contributed by atoms with E-state index in [1.165, 1.54) is 0 Å².